The fraction of sp³-hybridized carbons (Fsp3) is 0.286. The molecule has 0 spiro atoms. The molecule has 1 heterocycles. The number of carbonyl (C=O) groups excluding carboxylic acids is 1. The zero-order valence-electron chi connectivity index (χ0n) is 11.1. The minimum Gasteiger partial charge on any atom is -0.319 e. The van der Waals surface area contributed by atoms with Gasteiger partial charge in [0.15, 0.2) is 0 Å². The van der Waals surface area contributed by atoms with Crippen LogP contribution in [0.3, 0.4) is 0 Å². The molecule has 0 saturated carbocycles. The number of aromatic nitrogens is 2. The molecule has 0 aliphatic carbocycles. The quantitative estimate of drug-likeness (QED) is 0.881. The van der Waals surface area contributed by atoms with Crippen LogP contribution in [0.5, 0.6) is 0 Å². The molecule has 0 atom stereocenters. The van der Waals surface area contributed by atoms with Crippen molar-refractivity contribution in [2.24, 2.45) is 7.05 Å². The summed E-state index contributed by atoms with van der Waals surface area (Å²) in [7, 11) is 1.85. The van der Waals surface area contributed by atoms with Crippen LogP contribution in [0.2, 0.25) is 0 Å². The molecule has 94 valence electrons. The van der Waals surface area contributed by atoms with Gasteiger partial charge in [0.1, 0.15) is 0 Å². The van der Waals surface area contributed by atoms with Crippen LogP contribution in [0.25, 0.3) is 0 Å². The van der Waals surface area contributed by atoms with Crippen molar-refractivity contribution in [1.82, 2.24) is 9.78 Å². The molecular weight excluding hydrogens is 226 g/mol. The molecule has 1 N–H and O–H groups in total. The molecule has 4 heteroatoms. The highest BCUT2D eigenvalue weighted by atomic mass is 16.1. The van der Waals surface area contributed by atoms with Gasteiger partial charge >= 0.3 is 0 Å². The molecule has 1 aromatic carbocycles. The average Bonchev–Trinajstić information content (AvgIpc) is 2.61. The third-order valence-electron chi connectivity index (χ3n) is 3.11. The van der Waals surface area contributed by atoms with Gasteiger partial charge in [-0.3, -0.25) is 9.48 Å². The molecule has 0 saturated heterocycles. The lowest BCUT2D eigenvalue weighted by Gasteiger charge is -2.08. The molecule has 2 rings (SSSR count). The second-order valence-corrected chi connectivity index (χ2v) is 4.54. The van der Waals surface area contributed by atoms with E-state index in [-0.39, 0.29) is 5.91 Å². The Morgan fingerprint density at radius 3 is 2.56 bits per heavy atom. The fourth-order valence-electron chi connectivity index (χ4n) is 1.88. The number of amides is 1. The van der Waals surface area contributed by atoms with E-state index in [4.69, 9.17) is 0 Å². The van der Waals surface area contributed by atoms with Crippen LogP contribution in [-0.4, -0.2) is 15.7 Å². The summed E-state index contributed by atoms with van der Waals surface area (Å²) < 4.78 is 1.73. The van der Waals surface area contributed by atoms with Crippen LogP contribution >= 0.6 is 0 Å². The lowest BCUT2D eigenvalue weighted by Crippen LogP contribution is -2.14. The number of aryl methyl sites for hydroxylation is 3. The Balaban J connectivity index is 2.25. The predicted molar refractivity (Wildman–Crippen MR) is 71.8 cm³/mol. The van der Waals surface area contributed by atoms with E-state index in [1.165, 1.54) is 0 Å². The number of nitrogens with one attached hydrogen (secondary N) is 1. The van der Waals surface area contributed by atoms with Gasteiger partial charge in [-0.1, -0.05) is 17.7 Å². The van der Waals surface area contributed by atoms with Crippen LogP contribution in [0.15, 0.2) is 24.4 Å². The SMILES string of the molecule is Cc1ccc(C(=O)Nc2cnn(C)c2C)c(C)c1. The summed E-state index contributed by atoms with van der Waals surface area (Å²) in [6, 6.07) is 5.80. The van der Waals surface area contributed by atoms with Crippen molar-refractivity contribution >= 4 is 11.6 Å². The maximum Gasteiger partial charge on any atom is 0.256 e. The van der Waals surface area contributed by atoms with Crippen LogP contribution < -0.4 is 5.32 Å². The van der Waals surface area contributed by atoms with Gasteiger partial charge in [-0.15, -0.1) is 0 Å². The minimum absolute atomic E-state index is 0.0939. The fourth-order valence-corrected chi connectivity index (χ4v) is 1.88. The minimum atomic E-state index is -0.0939. The second-order valence-electron chi connectivity index (χ2n) is 4.54. The van der Waals surface area contributed by atoms with E-state index in [1.807, 2.05) is 46.0 Å². The summed E-state index contributed by atoms with van der Waals surface area (Å²) >= 11 is 0. The van der Waals surface area contributed by atoms with Crippen LogP contribution in [0, 0.1) is 20.8 Å². The Morgan fingerprint density at radius 1 is 1.28 bits per heavy atom. The Bertz CT molecular complexity index is 599. The molecule has 0 radical (unpaired) electrons. The summed E-state index contributed by atoms with van der Waals surface area (Å²) in [6.07, 6.45) is 1.66. The highest BCUT2D eigenvalue weighted by Crippen LogP contribution is 2.16. The van der Waals surface area contributed by atoms with E-state index in [0.717, 1.165) is 22.5 Å². The predicted octanol–water partition coefficient (Wildman–Crippen LogP) is 2.60. The van der Waals surface area contributed by atoms with Crippen molar-refractivity contribution in [2.45, 2.75) is 20.8 Å². The summed E-state index contributed by atoms with van der Waals surface area (Å²) in [6.45, 7) is 5.88. The number of carbonyl (C=O) groups is 1. The Kier molecular flexibility index (Phi) is 3.19. The molecular formula is C14H17N3O. The maximum atomic E-state index is 12.2. The standard InChI is InChI=1S/C14H17N3O/c1-9-5-6-12(10(2)7-9)14(18)16-13-8-15-17(4)11(13)3/h5-8H,1-4H3,(H,16,18). The molecule has 0 fully saturated rings. The third-order valence-corrected chi connectivity index (χ3v) is 3.11. The van der Waals surface area contributed by atoms with Crippen LogP contribution in [-0.2, 0) is 7.05 Å². The third kappa shape index (κ3) is 2.27. The van der Waals surface area contributed by atoms with Crippen molar-refractivity contribution in [3.8, 4) is 0 Å². The lowest BCUT2D eigenvalue weighted by molar-refractivity contribution is 0.102. The molecule has 4 nitrogen and oxygen atoms in total. The van der Waals surface area contributed by atoms with Gasteiger partial charge in [-0.05, 0) is 32.4 Å². The van der Waals surface area contributed by atoms with Crippen molar-refractivity contribution in [2.75, 3.05) is 5.32 Å². The topological polar surface area (TPSA) is 46.9 Å². The van der Waals surface area contributed by atoms with Gasteiger partial charge in [0.25, 0.3) is 5.91 Å². The Hall–Kier alpha value is -2.10. The van der Waals surface area contributed by atoms with E-state index in [9.17, 15) is 4.79 Å². The summed E-state index contributed by atoms with van der Waals surface area (Å²) in [5.41, 5.74) is 4.52. The number of rotatable bonds is 2. The highest BCUT2D eigenvalue weighted by molar-refractivity contribution is 6.05. The van der Waals surface area contributed by atoms with Crippen molar-refractivity contribution in [1.29, 1.82) is 0 Å². The lowest BCUT2D eigenvalue weighted by atomic mass is 10.1. The zero-order chi connectivity index (χ0) is 13.3. The molecule has 1 aromatic heterocycles. The first kappa shape index (κ1) is 12.4. The molecule has 2 aromatic rings. The molecule has 18 heavy (non-hydrogen) atoms. The molecule has 0 aliphatic rings. The second kappa shape index (κ2) is 4.64. The number of hydrogen-bond donors (Lipinski definition) is 1. The smallest absolute Gasteiger partial charge is 0.256 e. The number of benzene rings is 1. The molecule has 1 amide bonds. The first-order valence-electron chi connectivity index (χ1n) is 5.86. The van der Waals surface area contributed by atoms with E-state index in [1.54, 1.807) is 10.9 Å². The van der Waals surface area contributed by atoms with Gasteiger partial charge in [0.2, 0.25) is 0 Å². The van der Waals surface area contributed by atoms with Gasteiger partial charge < -0.3 is 5.32 Å². The van der Waals surface area contributed by atoms with E-state index >= 15 is 0 Å². The maximum absolute atomic E-state index is 12.2. The van der Waals surface area contributed by atoms with E-state index in [2.05, 4.69) is 10.4 Å². The van der Waals surface area contributed by atoms with Crippen LogP contribution in [0.4, 0.5) is 5.69 Å². The molecule has 0 bridgehead atoms. The van der Waals surface area contributed by atoms with Crippen molar-refractivity contribution in [3.63, 3.8) is 0 Å². The van der Waals surface area contributed by atoms with Gasteiger partial charge in [0.05, 0.1) is 17.6 Å². The molecule has 0 aliphatic heterocycles. The number of anilines is 1. The van der Waals surface area contributed by atoms with Gasteiger partial charge in [0, 0.05) is 12.6 Å². The largest absolute Gasteiger partial charge is 0.319 e. The van der Waals surface area contributed by atoms with Gasteiger partial charge in [-0.2, -0.15) is 5.10 Å². The van der Waals surface area contributed by atoms with E-state index < -0.39 is 0 Å². The zero-order valence-corrected chi connectivity index (χ0v) is 11.1. The summed E-state index contributed by atoms with van der Waals surface area (Å²) in [5, 5.41) is 6.99. The molecule has 0 unspecified atom stereocenters. The van der Waals surface area contributed by atoms with Crippen molar-refractivity contribution < 1.29 is 4.79 Å². The highest BCUT2D eigenvalue weighted by Gasteiger charge is 2.12. The monoisotopic (exact) mass is 243 g/mol. The first-order valence-corrected chi connectivity index (χ1v) is 5.86. The Labute approximate surface area is 107 Å². The first-order chi connectivity index (χ1) is 8.49. The number of hydrogen-bond acceptors (Lipinski definition) is 2. The summed E-state index contributed by atoms with van der Waals surface area (Å²) in [4.78, 5) is 12.2. The van der Waals surface area contributed by atoms with Crippen LogP contribution in [0.1, 0.15) is 27.2 Å². The van der Waals surface area contributed by atoms with Crippen molar-refractivity contribution in [3.05, 3.63) is 46.8 Å². The van der Waals surface area contributed by atoms with E-state index in [0.29, 0.717) is 5.56 Å². The normalized spacial score (nSPS) is 10.4. The van der Waals surface area contributed by atoms with Gasteiger partial charge in [-0.25, -0.2) is 0 Å². The Morgan fingerprint density at radius 2 is 2.00 bits per heavy atom. The summed E-state index contributed by atoms with van der Waals surface area (Å²) in [5.74, 6) is -0.0939. The number of nitrogens with zero attached hydrogens (tertiary/aromatic N) is 2. The average molecular weight is 243 g/mol.